The third-order valence-electron chi connectivity index (χ3n) is 2.26. The summed E-state index contributed by atoms with van der Waals surface area (Å²) < 4.78 is 0. The van der Waals surface area contributed by atoms with Gasteiger partial charge in [0.1, 0.15) is 6.04 Å². The second-order valence-corrected chi connectivity index (χ2v) is 3.61. The molecule has 0 fully saturated rings. The van der Waals surface area contributed by atoms with Gasteiger partial charge < -0.3 is 15.7 Å². The standard InChI is InChI=1S/C13H14N2O3/c1-2-8-14-12(16)11(15-13(17)18)9-10-6-4-3-5-7-10/h1,3-7,11,15H,8-9H2,(H,14,16)(H,17,18). The summed E-state index contributed by atoms with van der Waals surface area (Å²) in [5, 5.41) is 13.3. The molecule has 5 nitrogen and oxygen atoms in total. The second kappa shape index (κ2) is 6.97. The van der Waals surface area contributed by atoms with E-state index in [0.717, 1.165) is 5.56 Å². The van der Waals surface area contributed by atoms with Gasteiger partial charge in [0.05, 0.1) is 6.54 Å². The molecule has 1 unspecified atom stereocenters. The highest BCUT2D eigenvalue weighted by Gasteiger charge is 2.20. The van der Waals surface area contributed by atoms with Gasteiger partial charge in [-0.3, -0.25) is 4.79 Å². The molecule has 0 saturated carbocycles. The van der Waals surface area contributed by atoms with E-state index < -0.39 is 18.0 Å². The van der Waals surface area contributed by atoms with Crippen LogP contribution in [0.25, 0.3) is 0 Å². The number of amides is 2. The zero-order valence-electron chi connectivity index (χ0n) is 9.72. The van der Waals surface area contributed by atoms with Crippen molar-refractivity contribution < 1.29 is 14.7 Å². The lowest BCUT2D eigenvalue weighted by molar-refractivity contribution is -0.122. The molecule has 0 spiro atoms. The Hall–Kier alpha value is -2.48. The SMILES string of the molecule is C#CCNC(=O)C(Cc1ccccc1)NC(=O)O. The van der Waals surface area contributed by atoms with Crippen molar-refractivity contribution in [2.45, 2.75) is 12.5 Å². The average Bonchev–Trinajstić information content (AvgIpc) is 2.36. The number of benzene rings is 1. The van der Waals surface area contributed by atoms with E-state index in [0.29, 0.717) is 0 Å². The van der Waals surface area contributed by atoms with E-state index in [9.17, 15) is 9.59 Å². The normalized spacial score (nSPS) is 11.1. The summed E-state index contributed by atoms with van der Waals surface area (Å²) in [6.45, 7) is 0.0748. The van der Waals surface area contributed by atoms with Crippen LogP contribution in [0.2, 0.25) is 0 Å². The van der Waals surface area contributed by atoms with Crippen molar-refractivity contribution in [2.75, 3.05) is 6.54 Å². The number of terminal acetylenes is 1. The molecule has 2 amide bonds. The molecule has 1 aromatic carbocycles. The van der Waals surface area contributed by atoms with Crippen LogP contribution in [0.5, 0.6) is 0 Å². The lowest BCUT2D eigenvalue weighted by atomic mass is 10.1. The number of carboxylic acid groups (broad SMARTS) is 1. The maximum Gasteiger partial charge on any atom is 0.405 e. The highest BCUT2D eigenvalue weighted by Crippen LogP contribution is 2.03. The Morgan fingerprint density at radius 3 is 2.56 bits per heavy atom. The van der Waals surface area contributed by atoms with Crippen LogP contribution < -0.4 is 10.6 Å². The largest absolute Gasteiger partial charge is 0.465 e. The first kappa shape index (κ1) is 13.6. The molecule has 0 heterocycles. The number of hydrogen-bond acceptors (Lipinski definition) is 2. The van der Waals surface area contributed by atoms with Gasteiger partial charge >= 0.3 is 6.09 Å². The van der Waals surface area contributed by atoms with E-state index in [2.05, 4.69) is 16.6 Å². The minimum absolute atomic E-state index is 0.0748. The fourth-order valence-electron chi connectivity index (χ4n) is 1.47. The summed E-state index contributed by atoms with van der Waals surface area (Å²) in [5.41, 5.74) is 0.868. The van der Waals surface area contributed by atoms with Crippen molar-refractivity contribution in [3.8, 4) is 12.3 Å². The molecule has 0 aliphatic heterocycles. The number of rotatable bonds is 5. The minimum atomic E-state index is -1.24. The molecule has 0 aromatic heterocycles. The molecule has 0 radical (unpaired) electrons. The number of carbonyl (C=O) groups is 2. The van der Waals surface area contributed by atoms with Crippen LogP contribution in [0.1, 0.15) is 5.56 Å². The first-order valence-electron chi connectivity index (χ1n) is 5.38. The summed E-state index contributed by atoms with van der Waals surface area (Å²) in [6, 6.07) is 8.30. The average molecular weight is 246 g/mol. The minimum Gasteiger partial charge on any atom is -0.465 e. The monoisotopic (exact) mass is 246 g/mol. The van der Waals surface area contributed by atoms with Crippen molar-refractivity contribution in [1.82, 2.24) is 10.6 Å². The number of hydrogen-bond donors (Lipinski definition) is 3. The fourth-order valence-corrected chi connectivity index (χ4v) is 1.47. The summed E-state index contributed by atoms with van der Waals surface area (Å²) in [6.07, 6.45) is 4.07. The smallest absolute Gasteiger partial charge is 0.405 e. The lowest BCUT2D eigenvalue weighted by Crippen LogP contribution is -2.47. The Bertz CT molecular complexity index is 451. The fraction of sp³-hybridized carbons (Fsp3) is 0.231. The maximum absolute atomic E-state index is 11.7. The van der Waals surface area contributed by atoms with Gasteiger partial charge in [0, 0.05) is 6.42 Å². The molecule has 3 N–H and O–H groups in total. The molecule has 1 rings (SSSR count). The van der Waals surface area contributed by atoms with Crippen molar-refractivity contribution >= 4 is 12.0 Å². The van der Waals surface area contributed by atoms with Gasteiger partial charge in [0.15, 0.2) is 0 Å². The second-order valence-electron chi connectivity index (χ2n) is 3.61. The van der Waals surface area contributed by atoms with Crippen LogP contribution in [0, 0.1) is 12.3 Å². The van der Waals surface area contributed by atoms with Gasteiger partial charge in [-0.2, -0.15) is 0 Å². The van der Waals surface area contributed by atoms with Crippen molar-refractivity contribution in [3.63, 3.8) is 0 Å². The Morgan fingerprint density at radius 2 is 2.00 bits per heavy atom. The molecule has 5 heteroatoms. The quantitative estimate of drug-likeness (QED) is 0.666. The van der Waals surface area contributed by atoms with Crippen molar-refractivity contribution in [3.05, 3.63) is 35.9 Å². The summed E-state index contributed by atoms with van der Waals surface area (Å²) in [7, 11) is 0. The summed E-state index contributed by atoms with van der Waals surface area (Å²) in [4.78, 5) is 22.4. The lowest BCUT2D eigenvalue weighted by Gasteiger charge is -2.15. The molecule has 1 atom stereocenters. The van der Waals surface area contributed by atoms with Gasteiger partial charge in [-0.15, -0.1) is 6.42 Å². The number of carbonyl (C=O) groups excluding carboxylic acids is 1. The van der Waals surface area contributed by atoms with E-state index in [1.807, 2.05) is 30.3 Å². The summed E-state index contributed by atoms with van der Waals surface area (Å²) >= 11 is 0. The van der Waals surface area contributed by atoms with Gasteiger partial charge in [-0.25, -0.2) is 4.79 Å². The van der Waals surface area contributed by atoms with Crippen molar-refractivity contribution in [2.24, 2.45) is 0 Å². The van der Waals surface area contributed by atoms with Crippen molar-refractivity contribution in [1.29, 1.82) is 0 Å². The molecule has 94 valence electrons. The van der Waals surface area contributed by atoms with Gasteiger partial charge in [0.2, 0.25) is 5.91 Å². The maximum atomic E-state index is 11.7. The molecule has 18 heavy (non-hydrogen) atoms. The third-order valence-corrected chi connectivity index (χ3v) is 2.26. The van der Waals surface area contributed by atoms with E-state index in [-0.39, 0.29) is 13.0 Å². The predicted molar refractivity (Wildman–Crippen MR) is 66.9 cm³/mol. The molecule has 0 aliphatic rings. The van der Waals surface area contributed by atoms with E-state index in [4.69, 9.17) is 11.5 Å². The van der Waals surface area contributed by atoms with Crippen LogP contribution in [-0.4, -0.2) is 29.7 Å². The van der Waals surface area contributed by atoms with Gasteiger partial charge in [-0.1, -0.05) is 36.3 Å². The highest BCUT2D eigenvalue weighted by molar-refractivity contribution is 5.85. The topological polar surface area (TPSA) is 78.4 Å². The molecule has 0 saturated heterocycles. The summed E-state index contributed by atoms with van der Waals surface area (Å²) in [5.74, 6) is 1.83. The molecular formula is C13H14N2O3. The van der Waals surface area contributed by atoms with E-state index in [1.165, 1.54) is 0 Å². The zero-order valence-corrected chi connectivity index (χ0v) is 9.72. The van der Waals surface area contributed by atoms with Gasteiger partial charge in [-0.05, 0) is 5.56 Å². The highest BCUT2D eigenvalue weighted by atomic mass is 16.4. The molecule has 0 bridgehead atoms. The Labute approximate surface area is 105 Å². The van der Waals surface area contributed by atoms with E-state index in [1.54, 1.807) is 0 Å². The first-order chi connectivity index (χ1) is 8.63. The van der Waals surface area contributed by atoms with Crippen LogP contribution in [0.4, 0.5) is 4.79 Å². The van der Waals surface area contributed by atoms with Crippen LogP contribution in [-0.2, 0) is 11.2 Å². The first-order valence-corrected chi connectivity index (χ1v) is 5.38. The predicted octanol–water partition coefficient (Wildman–Crippen LogP) is 0.615. The molecule has 0 aliphatic carbocycles. The Morgan fingerprint density at radius 1 is 1.33 bits per heavy atom. The third kappa shape index (κ3) is 4.58. The molecular weight excluding hydrogens is 232 g/mol. The van der Waals surface area contributed by atoms with Gasteiger partial charge in [0.25, 0.3) is 0 Å². The molecule has 1 aromatic rings. The zero-order chi connectivity index (χ0) is 13.4. The Balaban J connectivity index is 2.69. The van der Waals surface area contributed by atoms with Crippen LogP contribution in [0.15, 0.2) is 30.3 Å². The van der Waals surface area contributed by atoms with Crippen LogP contribution >= 0.6 is 0 Å². The number of nitrogens with one attached hydrogen (secondary N) is 2. The Kier molecular flexibility index (Phi) is 5.26. The van der Waals surface area contributed by atoms with E-state index >= 15 is 0 Å². The van der Waals surface area contributed by atoms with Crippen LogP contribution in [0.3, 0.4) is 0 Å².